The lowest BCUT2D eigenvalue weighted by molar-refractivity contribution is 0.0359. The van der Waals surface area contributed by atoms with Crippen LogP contribution in [0.25, 0.3) is 0 Å². The first kappa shape index (κ1) is 31.7. The summed E-state index contributed by atoms with van der Waals surface area (Å²) in [5, 5.41) is 40.9. The SMILES string of the molecule is CC1CCC(O)C(C)(C)C([SiH2]CCCO)([Si](C)(C)CCCO)[Si](C)(CCCCO)O[Si]1(C)C. The quantitative estimate of drug-likeness (QED) is 0.219. The van der Waals surface area contributed by atoms with Crippen LogP contribution in [0.3, 0.4) is 0 Å². The highest BCUT2D eigenvalue weighted by molar-refractivity contribution is 7.08. The molecular formula is C24H56O5Si4. The molecule has 0 bridgehead atoms. The molecule has 33 heavy (non-hydrogen) atoms. The lowest BCUT2D eigenvalue weighted by atomic mass is 9.85. The van der Waals surface area contributed by atoms with Gasteiger partial charge < -0.3 is 24.5 Å². The monoisotopic (exact) mass is 536 g/mol. The lowest BCUT2D eigenvalue weighted by Gasteiger charge is -2.65. The summed E-state index contributed by atoms with van der Waals surface area (Å²) >= 11 is 0. The van der Waals surface area contributed by atoms with E-state index in [1.54, 1.807) is 0 Å². The molecule has 198 valence electrons. The molecule has 0 aromatic rings. The van der Waals surface area contributed by atoms with Crippen LogP contribution in [0.4, 0.5) is 0 Å². The van der Waals surface area contributed by atoms with Gasteiger partial charge in [-0.3, -0.25) is 0 Å². The van der Waals surface area contributed by atoms with Gasteiger partial charge in [0.25, 0.3) is 0 Å². The van der Waals surface area contributed by atoms with Crippen molar-refractivity contribution in [2.24, 2.45) is 5.41 Å². The first-order valence-corrected chi connectivity index (χ1v) is 23.9. The fourth-order valence-corrected chi connectivity index (χ4v) is 37.5. The van der Waals surface area contributed by atoms with Crippen LogP contribution in [0, 0.1) is 5.41 Å². The van der Waals surface area contributed by atoms with Crippen molar-refractivity contribution in [3.63, 3.8) is 0 Å². The second-order valence-electron chi connectivity index (χ2n) is 12.6. The Morgan fingerprint density at radius 3 is 2.06 bits per heavy atom. The second-order valence-corrected chi connectivity index (χ2v) is 30.8. The smallest absolute Gasteiger partial charge is 0.177 e. The largest absolute Gasteiger partial charge is 0.455 e. The Kier molecular flexibility index (Phi) is 12.3. The molecule has 0 aromatic carbocycles. The van der Waals surface area contributed by atoms with Gasteiger partial charge in [0, 0.05) is 29.3 Å². The van der Waals surface area contributed by atoms with E-state index in [0.29, 0.717) is 5.54 Å². The zero-order chi connectivity index (χ0) is 25.6. The van der Waals surface area contributed by atoms with E-state index in [2.05, 4.69) is 53.5 Å². The van der Waals surface area contributed by atoms with Gasteiger partial charge in [0.15, 0.2) is 16.6 Å². The predicted molar refractivity (Wildman–Crippen MR) is 151 cm³/mol. The Bertz CT molecular complexity index is 589. The predicted octanol–water partition coefficient (Wildman–Crippen LogP) is 4.42. The standard InChI is InChI=1S/C24H56O5Si4/c1-21-13-14-22(28)23(2,3)24(30-18-11-16-26,31(4,5)19-12-17-27)33(8,20-10-9-15-25)29-32(21,6)7/h21-22,25-28H,9-20,30H2,1-8H3. The van der Waals surface area contributed by atoms with Gasteiger partial charge in [-0.1, -0.05) is 52.4 Å². The molecule has 1 aliphatic rings. The van der Waals surface area contributed by atoms with E-state index in [9.17, 15) is 20.4 Å². The van der Waals surface area contributed by atoms with Crippen LogP contribution in [0.15, 0.2) is 0 Å². The summed E-state index contributed by atoms with van der Waals surface area (Å²) in [6, 6.07) is 3.16. The maximum Gasteiger partial charge on any atom is 0.177 e. The van der Waals surface area contributed by atoms with Crippen molar-refractivity contribution in [3.05, 3.63) is 0 Å². The van der Waals surface area contributed by atoms with E-state index in [0.717, 1.165) is 56.7 Å². The minimum absolute atomic E-state index is 0.0283. The fourth-order valence-electron chi connectivity index (χ4n) is 7.44. The van der Waals surface area contributed by atoms with Crippen molar-refractivity contribution in [1.82, 2.24) is 0 Å². The van der Waals surface area contributed by atoms with Crippen LogP contribution in [-0.2, 0) is 4.12 Å². The number of hydrogen-bond donors (Lipinski definition) is 4. The molecule has 0 saturated carbocycles. The van der Waals surface area contributed by atoms with E-state index >= 15 is 0 Å². The van der Waals surface area contributed by atoms with E-state index in [4.69, 9.17) is 4.12 Å². The molecular weight excluding hydrogens is 481 g/mol. The summed E-state index contributed by atoms with van der Waals surface area (Å²) in [6.07, 6.45) is 4.92. The van der Waals surface area contributed by atoms with Gasteiger partial charge >= 0.3 is 0 Å². The molecule has 1 fully saturated rings. The maximum absolute atomic E-state index is 11.8. The number of aliphatic hydroxyl groups is 4. The number of hydrogen-bond acceptors (Lipinski definition) is 5. The highest BCUT2D eigenvalue weighted by Gasteiger charge is 2.68. The van der Waals surface area contributed by atoms with E-state index in [-0.39, 0.29) is 35.6 Å². The Hall–Kier alpha value is 0.668. The summed E-state index contributed by atoms with van der Waals surface area (Å²) in [5.74, 6) is 0. The molecule has 1 saturated heterocycles. The van der Waals surface area contributed by atoms with Crippen LogP contribution in [-0.4, -0.2) is 80.6 Å². The molecule has 0 aromatic heterocycles. The summed E-state index contributed by atoms with van der Waals surface area (Å²) in [7, 11) is -7.14. The van der Waals surface area contributed by atoms with Crippen LogP contribution in [0.5, 0.6) is 0 Å². The van der Waals surface area contributed by atoms with E-state index in [1.165, 1.54) is 0 Å². The molecule has 4 atom stereocenters. The van der Waals surface area contributed by atoms with Gasteiger partial charge in [0.2, 0.25) is 0 Å². The molecule has 5 nitrogen and oxygen atoms in total. The molecule has 4 unspecified atom stereocenters. The Balaban J connectivity index is 3.91. The molecule has 1 heterocycles. The van der Waals surface area contributed by atoms with Crippen molar-refractivity contribution < 1.29 is 24.5 Å². The van der Waals surface area contributed by atoms with Crippen molar-refractivity contribution in [3.8, 4) is 0 Å². The van der Waals surface area contributed by atoms with Gasteiger partial charge in [-0.15, -0.1) is 0 Å². The minimum Gasteiger partial charge on any atom is -0.455 e. The highest BCUT2D eigenvalue weighted by Crippen LogP contribution is 2.64. The van der Waals surface area contributed by atoms with Gasteiger partial charge in [0.05, 0.1) is 14.2 Å². The van der Waals surface area contributed by atoms with E-state index in [1.807, 2.05) is 0 Å². The number of rotatable bonds is 12. The normalized spacial score (nSPS) is 33.1. The lowest BCUT2D eigenvalue weighted by Crippen LogP contribution is -2.72. The van der Waals surface area contributed by atoms with Crippen LogP contribution in [0.1, 0.15) is 59.3 Å². The zero-order valence-corrected chi connectivity index (χ0v) is 27.5. The summed E-state index contributed by atoms with van der Waals surface area (Å²) < 4.78 is 7.66. The average Bonchev–Trinajstić information content (AvgIpc) is 2.73. The Labute approximate surface area is 209 Å². The molecule has 0 aliphatic carbocycles. The van der Waals surface area contributed by atoms with Crippen LogP contribution < -0.4 is 0 Å². The van der Waals surface area contributed by atoms with Crippen molar-refractivity contribution >= 4 is 34.2 Å². The number of unbranched alkanes of at least 4 members (excludes halogenated alkanes) is 1. The molecule has 4 N–H and O–H groups in total. The molecule has 0 amide bonds. The summed E-state index contributed by atoms with van der Waals surface area (Å²) in [5.41, 5.74) is 0.235. The topological polar surface area (TPSA) is 90.2 Å². The molecule has 1 aliphatic heterocycles. The third kappa shape index (κ3) is 6.71. The maximum atomic E-state index is 11.8. The molecule has 0 spiro atoms. The minimum atomic E-state index is -2.41. The second kappa shape index (κ2) is 12.8. The van der Waals surface area contributed by atoms with Gasteiger partial charge in [0.1, 0.15) is 0 Å². The average molecular weight is 537 g/mol. The van der Waals surface area contributed by atoms with Crippen molar-refractivity contribution in [2.45, 2.75) is 126 Å². The Morgan fingerprint density at radius 1 is 0.939 bits per heavy atom. The summed E-state index contributed by atoms with van der Waals surface area (Å²) in [6.45, 7) is 20.0. The molecule has 9 heteroatoms. The van der Waals surface area contributed by atoms with Gasteiger partial charge in [-0.2, -0.15) is 0 Å². The van der Waals surface area contributed by atoms with E-state index < -0.39 is 34.2 Å². The fraction of sp³-hybridized carbons (Fsp3) is 1.00. The zero-order valence-electron chi connectivity index (χ0n) is 23.0. The molecule has 1 rings (SSSR count). The third-order valence-corrected chi connectivity index (χ3v) is 37.2. The Morgan fingerprint density at radius 2 is 1.52 bits per heavy atom. The summed E-state index contributed by atoms with van der Waals surface area (Å²) in [4.78, 5) is 0. The first-order chi connectivity index (χ1) is 15.2. The third-order valence-electron chi connectivity index (χ3n) is 9.52. The molecule has 0 radical (unpaired) electrons. The highest BCUT2D eigenvalue weighted by atomic mass is 28.5. The van der Waals surface area contributed by atoms with Crippen molar-refractivity contribution in [1.29, 1.82) is 0 Å². The van der Waals surface area contributed by atoms with Gasteiger partial charge in [-0.05, 0) is 73.0 Å². The first-order valence-electron chi connectivity index (χ1n) is 13.4. The van der Waals surface area contributed by atoms with Crippen LogP contribution >= 0.6 is 0 Å². The van der Waals surface area contributed by atoms with Crippen molar-refractivity contribution in [2.75, 3.05) is 19.8 Å². The van der Waals surface area contributed by atoms with Crippen LogP contribution in [0.2, 0.25) is 60.7 Å². The number of aliphatic hydroxyl groups excluding tert-OH is 4. The van der Waals surface area contributed by atoms with Gasteiger partial charge in [-0.25, -0.2) is 0 Å².